The molecule has 3 rings (SSSR count). The van der Waals surface area contributed by atoms with E-state index < -0.39 is 0 Å². The summed E-state index contributed by atoms with van der Waals surface area (Å²) in [5.74, 6) is 0.203. The third kappa shape index (κ3) is 16.5. The molecule has 3 aromatic carbocycles. The molecule has 0 N–H and O–H groups in total. The van der Waals surface area contributed by atoms with Gasteiger partial charge in [-0.05, 0) is 72.7 Å². The monoisotopic (exact) mass is 655 g/mol. The van der Waals surface area contributed by atoms with E-state index >= 15 is 0 Å². The molecule has 1 atom stereocenters. The number of carbonyl (C=O) groups is 1. The lowest BCUT2D eigenvalue weighted by molar-refractivity contribution is 0.0627. The largest absolute Gasteiger partial charge is 0.423 e. The highest BCUT2D eigenvalue weighted by molar-refractivity contribution is 5.91. The molecule has 0 aliphatic carbocycles. The molecule has 3 heteroatoms. The molecule has 0 aliphatic heterocycles. The molecule has 3 nitrogen and oxygen atoms in total. The quantitative estimate of drug-likeness (QED) is 0.0466. The molecule has 0 spiro atoms. The Labute approximate surface area is 294 Å². The van der Waals surface area contributed by atoms with E-state index in [4.69, 9.17) is 9.47 Å². The van der Waals surface area contributed by atoms with Crippen LogP contribution in [0.2, 0.25) is 0 Å². The van der Waals surface area contributed by atoms with E-state index in [1.54, 1.807) is 0 Å². The number of esters is 1. The van der Waals surface area contributed by atoms with Gasteiger partial charge in [0.2, 0.25) is 0 Å². The van der Waals surface area contributed by atoms with Gasteiger partial charge in [-0.15, -0.1) is 0 Å². The summed E-state index contributed by atoms with van der Waals surface area (Å²) in [6.45, 7) is 7.39. The van der Waals surface area contributed by atoms with Gasteiger partial charge >= 0.3 is 5.97 Å². The first kappa shape index (κ1) is 39.5. The van der Waals surface area contributed by atoms with Gasteiger partial charge in [0, 0.05) is 6.61 Å². The predicted octanol–water partition coefficient (Wildman–Crippen LogP) is 14.0. The molecule has 0 aliphatic rings. The maximum Gasteiger partial charge on any atom is 0.343 e. The second-order valence-corrected chi connectivity index (χ2v) is 13.9. The van der Waals surface area contributed by atoms with Gasteiger partial charge in [0.05, 0.1) is 11.7 Å². The van der Waals surface area contributed by atoms with Gasteiger partial charge in [0.1, 0.15) is 5.75 Å². The van der Waals surface area contributed by atoms with Gasteiger partial charge < -0.3 is 9.47 Å². The van der Waals surface area contributed by atoms with Crippen molar-refractivity contribution in [2.24, 2.45) is 0 Å². The summed E-state index contributed by atoms with van der Waals surface area (Å²) in [6, 6.07) is 24.1. The average Bonchev–Trinajstić information content (AvgIpc) is 3.12. The van der Waals surface area contributed by atoms with Crippen LogP contribution in [0.5, 0.6) is 5.75 Å². The van der Waals surface area contributed by atoms with E-state index in [0.29, 0.717) is 11.3 Å². The highest BCUT2D eigenvalue weighted by Gasteiger charge is 2.11. The molecule has 0 amide bonds. The minimum absolute atomic E-state index is 0.0220. The number of hydrogen-bond donors (Lipinski definition) is 0. The van der Waals surface area contributed by atoms with Crippen LogP contribution in [0, 0.1) is 0 Å². The van der Waals surface area contributed by atoms with Crippen molar-refractivity contribution in [2.45, 2.75) is 162 Å². The van der Waals surface area contributed by atoms with Crippen LogP contribution in [-0.4, -0.2) is 12.6 Å². The van der Waals surface area contributed by atoms with E-state index in [9.17, 15) is 4.79 Å². The third-order valence-electron chi connectivity index (χ3n) is 9.65. The Morgan fingerprint density at radius 2 is 0.958 bits per heavy atom. The Hall–Kier alpha value is -2.91. The maximum atomic E-state index is 12.8. The Kier molecular flexibility index (Phi) is 20.7. The fourth-order valence-electron chi connectivity index (χ4n) is 6.38. The first-order valence-corrected chi connectivity index (χ1v) is 19.7. The van der Waals surface area contributed by atoms with Gasteiger partial charge in [0.15, 0.2) is 0 Å². The molecule has 0 saturated carbocycles. The summed E-state index contributed by atoms with van der Waals surface area (Å²) >= 11 is 0. The first-order valence-electron chi connectivity index (χ1n) is 19.7. The normalized spacial score (nSPS) is 11.9. The van der Waals surface area contributed by atoms with Crippen molar-refractivity contribution < 1.29 is 14.3 Å². The first-order chi connectivity index (χ1) is 23.6. The molecular formula is C45H66O3. The van der Waals surface area contributed by atoms with Crippen LogP contribution < -0.4 is 4.74 Å². The van der Waals surface area contributed by atoms with E-state index in [0.717, 1.165) is 36.1 Å². The van der Waals surface area contributed by atoms with Crippen molar-refractivity contribution in [1.82, 2.24) is 0 Å². The molecule has 264 valence electrons. The van der Waals surface area contributed by atoms with Crippen LogP contribution in [0.25, 0.3) is 11.1 Å². The van der Waals surface area contributed by atoms with Crippen molar-refractivity contribution in [1.29, 1.82) is 0 Å². The highest BCUT2D eigenvalue weighted by atomic mass is 16.5. The Morgan fingerprint density at radius 3 is 1.44 bits per heavy atom. The number of aryl methyl sites for hydroxylation is 1. The smallest absolute Gasteiger partial charge is 0.343 e. The molecule has 1 unspecified atom stereocenters. The van der Waals surface area contributed by atoms with Crippen molar-refractivity contribution in [3.63, 3.8) is 0 Å². The Morgan fingerprint density at radius 1 is 0.521 bits per heavy atom. The van der Waals surface area contributed by atoms with Crippen molar-refractivity contribution >= 4 is 5.97 Å². The molecular weight excluding hydrogens is 588 g/mol. The zero-order valence-corrected chi connectivity index (χ0v) is 30.8. The SMILES string of the molecule is CCCCCCCCCCCCCCCCCCCCOC(C)c1ccc(OC(=O)c2ccc(-c3ccc(CCCC)cc3)cc2)cc1. The summed E-state index contributed by atoms with van der Waals surface area (Å²) in [4.78, 5) is 12.8. The van der Waals surface area contributed by atoms with E-state index in [-0.39, 0.29) is 12.1 Å². The summed E-state index contributed by atoms with van der Waals surface area (Å²) in [5.41, 5.74) is 5.26. The van der Waals surface area contributed by atoms with E-state index in [1.807, 2.05) is 48.5 Å². The molecule has 0 radical (unpaired) electrons. The summed E-state index contributed by atoms with van der Waals surface area (Å²) in [6.07, 6.45) is 28.5. The predicted molar refractivity (Wildman–Crippen MR) is 205 cm³/mol. The molecule has 0 fully saturated rings. The van der Waals surface area contributed by atoms with Crippen molar-refractivity contribution in [2.75, 3.05) is 6.61 Å². The number of unbranched alkanes of at least 4 members (excludes halogenated alkanes) is 18. The standard InChI is InChI=1S/C45H66O3/c1-4-6-8-9-10-11-12-13-14-15-16-17-18-19-20-21-22-23-37-47-38(3)40-33-35-44(36-34-40)48-45(46)43-31-29-42(30-32-43)41-27-25-39(26-28-41)24-7-5-2/h25-36,38H,4-24,37H2,1-3H3. The number of hydrogen-bond acceptors (Lipinski definition) is 3. The molecule has 0 saturated heterocycles. The fraction of sp³-hybridized carbons (Fsp3) is 0.578. The molecule has 48 heavy (non-hydrogen) atoms. The minimum Gasteiger partial charge on any atom is -0.423 e. The van der Waals surface area contributed by atoms with Gasteiger partial charge in [-0.1, -0.05) is 178 Å². The van der Waals surface area contributed by atoms with Crippen LogP contribution in [0.4, 0.5) is 0 Å². The molecule has 0 bridgehead atoms. The zero-order valence-electron chi connectivity index (χ0n) is 30.8. The topological polar surface area (TPSA) is 35.5 Å². The lowest BCUT2D eigenvalue weighted by Gasteiger charge is -2.14. The summed E-state index contributed by atoms with van der Waals surface area (Å²) < 4.78 is 11.8. The van der Waals surface area contributed by atoms with Crippen LogP contribution in [0.3, 0.4) is 0 Å². The Balaban J connectivity index is 1.20. The Bertz CT molecular complexity index is 1210. The van der Waals surface area contributed by atoms with E-state index in [1.165, 1.54) is 128 Å². The van der Waals surface area contributed by atoms with Crippen LogP contribution >= 0.6 is 0 Å². The lowest BCUT2D eigenvalue weighted by Crippen LogP contribution is -2.08. The molecule has 0 aromatic heterocycles. The van der Waals surface area contributed by atoms with Gasteiger partial charge in [-0.3, -0.25) is 0 Å². The molecule has 3 aromatic rings. The number of carbonyl (C=O) groups excluding carboxylic acids is 1. The highest BCUT2D eigenvalue weighted by Crippen LogP contribution is 2.24. The fourth-order valence-corrected chi connectivity index (χ4v) is 6.38. The third-order valence-corrected chi connectivity index (χ3v) is 9.65. The van der Waals surface area contributed by atoms with Crippen LogP contribution in [0.1, 0.15) is 177 Å². The maximum absolute atomic E-state index is 12.8. The van der Waals surface area contributed by atoms with Crippen molar-refractivity contribution in [3.05, 3.63) is 89.5 Å². The summed E-state index contributed by atoms with van der Waals surface area (Å²) in [7, 11) is 0. The lowest BCUT2D eigenvalue weighted by atomic mass is 10.0. The van der Waals surface area contributed by atoms with Crippen LogP contribution in [0.15, 0.2) is 72.8 Å². The van der Waals surface area contributed by atoms with Crippen LogP contribution in [-0.2, 0) is 11.2 Å². The second kappa shape index (κ2) is 25.1. The van der Waals surface area contributed by atoms with E-state index in [2.05, 4.69) is 45.0 Å². The van der Waals surface area contributed by atoms with Gasteiger partial charge in [0.25, 0.3) is 0 Å². The van der Waals surface area contributed by atoms with Gasteiger partial charge in [-0.2, -0.15) is 0 Å². The number of rotatable bonds is 27. The number of benzene rings is 3. The summed E-state index contributed by atoms with van der Waals surface area (Å²) in [5, 5.41) is 0. The second-order valence-electron chi connectivity index (χ2n) is 13.9. The zero-order chi connectivity index (χ0) is 34.1. The molecule has 0 heterocycles. The average molecular weight is 655 g/mol. The number of ether oxygens (including phenoxy) is 2. The van der Waals surface area contributed by atoms with Crippen molar-refractivity contribution in [3.8, 4) is 16.9 Å². The minimum atomic E-state index is -0.345. The van der Waals surface area contributed by atoms with Gasteiger partial charge in [-0.25, -0.2) is 4.79 Å².